The molecule has 95 valence electrons. The molecule has 0 aromatic carbocycles. The van der Waals surface area contributed by atoms with Crippen molar-refractivity contribution in [3.05, 3.63) is 19.1 Å². The van der Waals surface area contributed by atoms with Gasteiger partial charge >= 0.3 is 0 Å². The lowest BCUT2D eigenvalue weighted by Gasteiger charge is -1.98. The van der Waals surface area contributed by atoms with Crippen molar-refractivity contribution in [3.63, 3.8) is 0 Å². The third-order valence-electron chi connectivity index (χ3n) is 3.01. The van der Waals surface area contributed by atoms with Crippen LogP contribution in [0.5, 0.6) is 0 Å². The minimum atomic E-state index is 1.10. The van der Waals surface area contributed by atoms with Crippen LogP contribution in [0.1, 0.15) is 84.0 Å². The molecule has 0 spiro atoms. The molecule has 0 unspecified atom stereocenters. The summed E-state index contributed by atoms with van der Waals surface area (Å²) in [4.78, 5) is 0. The van der Waals surface area contributed by atoms with Crippen LogP contribution in [0.15, 0.2) is 12.2 Å². The van der Waals surface area contributed by atoms with Crippen molar-refractivity contribution in [2.45, 2.75) is 84.0 Å². The van der Waals surface area contributed by atoms with Crippen LogP contribution < -0.4 is 0 Å². The second-order valence-corrected chi connectivity index (χ2v) is 4.73. The molecule has 0 amide bonds. The fraction of sp³-hybridized carbons (Fsp3) is 0.812. The van der Waals surface area contributed by atoms with Crippen LogP contribution in [0.3, 0.4) is 0 Å². The number of hydrogen-bond donors (Lipinski definition) is 0. The van der Waals surface area contributed by atoms with Crippen molar-refractivity contribution in [2.24, 2.45) is 0 Å². The summed E-state index contributed by atoms with van der Waals surface area (Å²) in [7, 11) is 0. The average molecular weight is 223 g/mol. The molecule has 1 radical (unpaired) electrons. The summed E-state index contributed by atoms with van der Waals surface area (Å²) in [6.45, 7) is 6.13. The quantitative estimate of drug-likeness (QED) is 0.278. The first-order valence-electron chi connectivity index (χ1n) is 7.36. The van der Waals surface area contributed by atoms with Gasteiger partial charge in [-0.05, 0) is 25.7 Å². The lowest BCUT2D eigenvalue weighted by atomic mass is 10.1. The Hall–Kier alpha value is -0.260. The Morgan fingerprint density at radius 3 is 1.75 bits per heavy atom. The van der Waals surface area contributed by atoms with E-state index in [9.17, 15) is 0 Å². The van der Waals surface area contributed by atoms with E-state index in [1.165, 1.54) is 70.6 Å². The van der Waals surface area contributed by atoms with Crippen LogP contribution in [0, 0.1) is 6.92 Å². The molecular weight excluding hydrogens is 192 g/mol. The smallest absolute Gasteiger partial charge is 0.0351 e. The van der Waals surface area contributed by atoms with Crippen LogP contribution in [-0.2, 0) is 0 Å². The molecule has 0 heterocycles. The molecule has 0 N–H and O–H groups in total. The first kappa shape index (κ1) is 15.7. The molecule has 0 heteroatoms. The normalized spacial score (nSPS) is 11.4. The van der Waals surface area contributed by atoms with Crippen LogP contribution in [-0.4, -0.2) is 0 Å². The molecule has 0 rings (SSSR count). The minimum absolute atomic E-state index is 1.10. The topological polar surface area (TPSA) is 0 Å². The summed E-state index contributed by atoms with van der Waals surface area (Å²) in [6, 6.07) is 0. The highest BCUT2D eigenvalue weighted by Gasteiger charge is 1.88. The van der Waals surface area contributed by atoms with Crippen LogP contribution in [0.25, 0.3) is 0 Å². The molecule has 0 aliphatic heterocycles. The van der Waals surface area contributed by atoms with Crippen molar-refractivity contribution < 1.29 is 0 Å². The van der Waals surface area contributed by atoms with Gasteiger partial charge in [0.15, 0.2) is 0 Å². The second kappa shape index (κ2) is 14.7. The van der Waals surface area contributed by atoms with E-state index in [0.29, 0.717) is 0 Å². The zero-order valence-electron chi connectivity index (χ0n) is 11.3. The molecule has 0 aliphatic carbocycles. The fourth-order valence-corrected chi connectivity index (χ4v) is 1.89. The summed E-state index contributed by atoms with van der Waals surface area (Å²) in [5.74, 6) is 0. The number of unbranched alkanes of at least 4 members (excludes halogenated alkanes) is 10. The van der Waals surface area contributed by atoms with Gasteiger partial charge in [-0.15, -0.1) is 0 Å². The van der Waals surface area contributed by atoms with Crippen LogP contribution in [0.4, 0.5) is 0 Å². The van der Waals surface area contributed by atoms with Gasteiger partial charge in [0, 0.05) is 0 Å². The Kier molecular flexibility index (Phi) is 14.5. The Labute approximate surface area is 104 Å². The molecule has 0 saturated carbocycles. The van der Waals surface area contributed by atoms with E-state index in [4.69, 9.17) is 0 Å². The SMILES string of the molecule is [CH2]CCCCC/C=C/CCCCCCCC. The summed E-state index contributed by atoms with van der Waals surface area (Å²) in [5, 5.41) is 0. The summed E-state index contributed by atoms with van der Waals surface area (Å²) >= 11 is 0. The molecular formula is C16H31. The van der Waals surface area contributed by atoms with Gasteiger partial charge in [0.1, 0.15) is 0 Å². The second-order valence-electron chi connectivity index (χ2n) is 4.73. The third-order valence-corrected chi connectivity index (χ3v) is 3.01. The van der Waals surface area contributed by atoms with Crippen molar-refractivity contribution >= 4 is 0 Å². The van der Waals surface area contributed by atoms with E-state index < -0.39 is 0 Å². The maximum atomic E-state index is 3.86. The van der Waals surface area contributed by atoms with Gasteiger partial charge in [-0.1, -0.05) is 77.4 Å². The number of rotatable bonds is 12. The fourth-order valence-electron chi connectivity index (χ4n) is 1.89. The van der Waals surface area contributed by atoms with E-state index in [-0.39, 0.29) is 0 Å². The predicted molar refractivity (Wildman–Crippen MR) is 75.6 cm³/mol. The summed E-state index contributed by atoms with van der Waals surface area (Å²) in [6.07, 6.45) is 20.9. The van der Waals surface area contributed by atoms with E-state index in [2.05, 4.69) is 26.0 Å². The van der Waals surface area contributed by atoms with E-state index in [0.717, 1.165) is 6.42 Å². The summed E-state index contributed by atoms with van der Waals surface area (Å²) < 4.78 is 0. The lowest BCUT2D eigenvalue weighted by molar-refractivity contribution is 0.610. The number of hydrogen-bond acceptors (Lipinski definition) is 0. The van der Waals surface area contributed by atoms with Crippen molar-refractivity contribution in [3.8, 4) is 0 Å². The number of allylic oxidation sites excluding steroid dienone is 2. The maximum absolute atomic E-state index is 3.86. The van der Waals surface area contributed by atoms with Gasteiger partial charge in [-0.3, -0.25) is 0 Å². The maximum Gasteiger partial charge on any atom is -0.0351 e. The Bertz CT molecular complexity index is 135. The molecule has 0 aromatic heterocycles. The third kappa shape index (κ3) is 13.7. The standard InChI is InChI=1S/C16H31/c1-3-5-7-9-11-13-15-16-14-12-10-8-6-4-2/h13,15H,1,3-12,14,16H2,2H3/b15-13+. The highest BCUT2D eigenvalue weighted by atomic mass is 13.9. The first-order chi connectivity index (χ1) is 7.91. The van der Waals surface area contributed by atoms with Gasteiger partial charge < -0.3 is 0 Å². The largest absolute Gasteiger partial charge is 0.0885 e. The van der Waals surface area contributed by atoms with Crippen molar-refractivity contribution in [1.29, 1.82) is 0 Å². The van der Waals surface area contributed by atoms with Gasteiger partial charge in [0.25, 0.3) is 0 Å². The Balaban J connectivity index is 2.98. The van der Waals surface area contributed by atoms with Gasteiger partial charge in [-0.2, -0.15) is 0 Å². The molecule has 0 aromatic rings. The monoisotopic (exact) mass is 223 g/mol. The van der Waals surface area contributed by atoms with Gasteiger partial charge in [0.05, 0.1) is 0 Å². The van der Waals surface area contributed by atoms with Crippen LogP contribution in [0.2, 0.25) is 0 Å². The Morgan fingerprint density at radius 1 is 0.688 bits per heavy atom. The molecule has 16 heavy (non-hydrogen) atoms. The van der Waals surface area contributed by atoms with Gasteiger partial charge in [-0.25, -0.2) is 0 Å². The van der Waals surface area contributed by atoms with Crippen molar-refractivity contribution in [1.82, 2.24) is 0 Å². The zero-order chi connectivity index (χ0) is 11.9. The highest BCUT2D eigenvalue weighted by Crippen LogP contribution is 2.08. The lowest BCUT2D eigenvalue weighted by Crippen LogP contribution is -1.78. The molecule has 0 atom stereocenters. The minimum Gasteiger partial charge on any atom is -0.0885 e. The molecule has 0 nitrogen and oxygen atoms in total. The average Bonchev–Trinajstić information content (AvgIpc) is 2.31. The van der Waals surface area contributed by atoms with E-state index in [1.54, 1.807) is 0 Å². The Morgan fingerprint density at radius 2 is 1.19 bits per heavy atom. The van der Waals surface area contributed by atoms with Gasteiger partial charge in [0.2, 0.25) is 0 Å². The van der Waals surface area contributed by atoms with E-state index in [1.807, 2.05) is 0 Å². The molecule has 0 saturated heterocycles. The zero-order valence-corrected chi connectivity index (χ0v) is 11.3. The molecule has 0 fully saturated rings. The van der Waals surface area contributed by atoms with Crippen molar-refractivity contribution in [2.75, 3.05) is 0 Å². The molecule has 0 aliphatic rings. The summed E-state index contributed by atoms with van der Waals surface area (Å²) in [5.41, 5.74) is 0. The molecule has 0 bridgehead atoms. The highest BCUT2D eigenvalue weighted by molar-refractivity contribution is 4.81. The van der Waals surface area contributed by atoms with E-state index >= 15 is 0 Å². The first-order valence-corrected chi connectivity index (χ1v) is 7.36. The van der Waals surface area contributed by atoms with Crippen LogP contribution >= 0.6 is 0 Å². The predicted octanol–water partition coefficient (Wildman–Crippen LogP) is 6.08.